The van der Waals surface area contributed by atoms with Crippen molar-refractivity contribution >= 4 is 17.6 Å². The topological polar surface area (TPSA) is 70.5 Å². The lowest BCUT2D eigenvalue weighted by molar-refractivity contribution is -0.141. The Morgan fingerprint density at radius 2 is 1.50 bits per heavy atom. The first kappa shape index (κ1) is 18.7. The summed E-state index contributed by atoms with van der Waals surface area (Å²) in [5, 5.41) is 0. The number of alkyl halides is 3. The lowest BCUT2D eigenvalue weighted by atomic mass is 10.3. The third-order valence-corrected chi connectivity index (χ3v) is 4.79. The van der Waals surface area contributed by atoms with Crippen LogP contribution in [0.1, 0.15) is 5.69 Å². The van der Waals surface area contributed by atoms with Gasteiger partial charge in [0, 0.05) is 51.5 Å². The van der Waals surface area contributed by atoms with Crippen LogP contribution in [0, 0.1) is 0 Å². The van der Waals surface area contributed by atoms with Crippen molar-refractivity contribution in [2.24, 2.45) is 0 Å². The van der Waals surface area contributed by atoms with Gasteiger partial charge in [0.1, 0.15) is 23.7 Å². The van der Waals surface area contributed by atoms with Crippen LogP contribution in [0.2, 0.25) is 0 Å². The first-order valence-electron chi connectivity index (χ1n) is 9.05. The van der Waals surface area contributed by atoms with Crippen LogP contribution in [0.4, 0.5) is 30.8 Å². The molecule has 0 amide bonds. The molecule has 2 saturated heterocycles. The molecule has 2 fully saturated rings. The molecule has 28 heavy (non-hydrogen) atoms. The molecule has 0 N–H and O–H groups in total. The van der Waals surface area contributed by atoms with Gasteiger partial charge >= 0.3 is 6.18 Å². The van der Waals surface area contributed by atoms with Gasteiger partial charge in [-0.1, -0.05) is 0 Å². The molecule has 0 radical (unpaired) electrons. The van der Waals surface area contributed by atoms with Crippen molar-refractivity contribution < 1.29 is 17.9 Å². The highest BCUT2D eigenvalue weighted by atomic mass is 19.4. The monoisotopic (exact) mass is 395 g/mol. The van der Waals surface area contributed by atoms with E-state index in [4.69, 9.17) is 4.74 Å². The second-order valence-corrected chi connectivity index (χ2v) is 6.55. The van der Waals surface area contributed by atoms with E-state index in [-0.39, 0.29) is 5.82 Å². The second-order valence-electron chi connectivity index (χ2n) is 6.55. The van der Waals surface area contributed by atoms with Gasteiger partial charge in [0.15, 0.2) is 0 Å². The molecule has 0 aromatic carbocycles. The molecule has 0 unspecified atom stereocenters. The number of hydrogen-bond donors (Lipinski definition) is 0. The van der Waals surface area contributed by atoms with E-state index >= 15 is 0 Å². The number of halogens is 3. The van der Waals surface area contributed by atoms with Gasteiger partial charge in [-0.2, -0.15) is 18.2 Å². The summed E-state index contributed by atoms with van der Waals surface area (Å²) in [5.41, 5.74) is -0.929. The quantitative estimate of drug-likeness (QED) is 0.774. The van der Waals surface area contributed by atoms with Crippen molar-refractivity contribution in [1.82, 2.24) is 19.9 Å². The number of morpholine rings is 1. The average molecular weight is 395 g/mol. The fourth-order valence-electron chi connectivity index (χ4n) is 3.27. The van der Waals surface area contributed by atoms with E-state index in [1.807, 2.05) is 15.9 Å². The Morgan fingerprint density at radius 3 is 2.21 bits per heavy atom. The molecule has 11 heteroatoms. The molecule has 0 spiro atoms. The van der Waals surface area contributed by atoms with Crippen molar-refractivity contribution in [3.05, 3.63) is 30.4 Å². The van der Waals surface area contributed by atoms with Crippen molar-refractivity contribution in [2.75, 3.05) is 67.2 Å². The minimum absolute atomic E-state index is 0.282. The predicted octanol–water partition coefficient (Wildman–Crippen LogP) is 1.45. The summed E-state index contributed by atoms with van der Waals surface area (Å²) >= 11 is 0. The van der Waals surface area contributed by atoms with Crippen LogP contribution in [-0.2, 0) is 10.9 Å². The standard InChI is InChI=1S/C17H20F3N7O/c18-17(19,20)13-11-15(23-12-22-13)25-3-5-27(6-4-25)16-21-2-1-14(24-16)26-7-9-28-10-8-26/h1-2,11-12H,3-10H2. The summed E-state index contributed by atoms with van der Waals surface area (Å²) in [6.45, 7) is 5.18. The predicted molar refractivity (Wildman–Crippen MR) is 96.5 cm³/mol. The molecule has 2 aliphatic rings. The van der Waals surface area contributed by atoms with Gasteiger partial charge in [-0.25, -0.2) is 15.0 Å². The second kappa shape index (κ2) is 7.74. The SMILES string of the molecule is FC(F)(F)c1cc(N2CCN(c3nccc(N4CCOCC4)n3)CC2)ncn1. The normalized spacial score (nSPS) is 18.5. The number of piperazine rings is 1. The van der Waals surface area contributed by atoms with Gasteiger partial charge < -0.3 is 19.4 Å². The smallest absolute Gasteiger partial charge is 0.378 e. The zero-order valence-corrected chi connectivity index (χ0v) is 15.1. The Bertz CT molecular complexity index is 805. The van der Waals surface area contributed by atoms with E-state index in [1.165, 1.54) is 0 Å². The summed E-state index contributed by atoms with van der Waals surface area (Å²) in [5.74, 6) is 1.77. The number of aromatic nitrogens is 4. The molecule has 150 valence electrons. The zero-order chi connectivity index (χ0) is 19.6. The van der Waals surface area contributed by atoms with Crippen molar-refractivity contribution in [3.8, 4) is 0 Å². The molecule has 4 rings (SSSR count). The lowest BCUT2D eigenvalue weighted by Crippen LogP contribution is -2.47. The molecule has 2 aromatic rings. The van der Waals surface area contributed by atoms with Gasteiger partial charge in [-0.15, -0.1) is 0 Å². The molecular weight excluding hydrogens is 375 g/mol. The summed E-state index contributed by atoms with van der Waals surface area (Å²) in [7, 11) is 0. The van der Waals surface area contributed by atoms with Crippen LogP contribution in [-0.4, -0.2) is 72.4 Å². The number of anilines is 3. The van der Waals surface area contributed by atoms with Crippen LogP contribution in [0.3, 0.4) is 0 Å². The van der Waals surface area contributed by atoms with Crippen molar-refractivity contribution in [3.63, 3.8) is 0 Å². The number of ether oxygens (including phenoxy) is 1. The van der Waals surface area contributed by atoms with E-state index < -0.39 is 11.9 Å². The third kappa shape index (κ3) is 4.08. The van der Waals surface area contributed by atoms with E-state index in [2.05, 4.69) is 24.8 Å². The van der Waals surface area contributed by atoms with E-state index in [0.717, 1.165) is 31.3 Å². The molecule has 0 saturated carbocycles. The highest BCUT2D eigenvalue weighted by Crippen LogP contribution is 2.29. The minimum Gasteiger partial charge on any atom is -0.378 e. The van der Waals surface area contributed by atoms with Gasteiger partial charge in [0.2, 0.25) is 5.95 Å². The molecule has 2 aromatic heterocycles. The molecule has 2 aliphatic heterocycles. The van der Waals surface area contributed by atoms with Crippen LogP contribution in [0.25, 0.3) is 0 Å². The zero-order valence-electron chi connectivity index (χ0n) is 15.1. The maximum absolute atomic E-state index is 12.9. The Balaban J connectivity index is 1.42. The fourth-order valence-corrected chi connectivity index (χ4v) is 3.27. The van der Waals surface area contributed by atoms with Crippen LogP contribution in [0.15, 0.2) is 24.7 Å². The maximum Gasteiger partial charge on any atom is 0.433 e. The van der Waals surface area contributed by atoms with E-state index in [0.29, 0.717) is 45.3 Å². The molecule has 0 aliphatic carbocycles. The van der Waals surface area contributed by atoms with Gasteiger partial charge in [-0.3, -0.25) is 0 Å². The number of nitrogens with zero attached hydrogens (tertiary/aromatic N) is 7. The van der Waals surface area contributed by atoms with Crippen LogP contribution < -0.4 is 14.7 Å². The molecule has 8 nitrogen and oxygen atoms in total. The molecule has 0 atom stereocenters. The Kier molecular flexibility index (Phi) is 5.16. The highest BCUT2D eigenvalue weighted by Gasteiger charge is 2.33. The molecular formula is C17H20F3N7O. The van der Waals surface area contributed by atoms with Crippen molar-refractivity contribution in [2.45, 2.75) is 6.18 Å². The van der Waals surface area contributed by atoms with E-state index in [1.54, 1.807) is 6.20 Å². The van der Waals surface area contributed by atoms with Crippen LogP contribution in [0.5, 0.6) is 0 Å². The van der Waals surface area contributed by atoms with Crippen LogP contribution >= 0.6 is 0 Å². The highest BCUT2D eigenvalue weighted by molar-refractivity contribution is 5.46. The lowest BCUT2D eigenvalue weighted by Gasteiger charge is -2.36. The summed E-state index contributed by atoms with van der Waals surface area (Å²) in [6.07, 6.45) is -1.79. The summed E-state index contributed by atoms with van der Waals surface area (Å²) in [4.78, 5) is 22.3. The average Bonchev–Trinajstić information content (AvgIpc) is 2.74. The van der Waals surface area contributed by atoms with Gasteiger partial charge in [0.05, 0.1) is 13.2 Å². The first-order valence-corrected chi connectivity index (χ1v) is 9.05. The van der Waals surface area contributed by atoms with Gasteiger partial charge in [-0.05, 0) is 6.07 Å². The fraction of sp³-hybridized carbons (Fsp3) is 0.529. The largest absolute Gasteiger partial charge is 0.433 e. The maximum atomic E-state index is 12.9. The van der Waals surface area contributed by atoms with Crippen molar-refractivity contribution in [1.29, 1.82) is 0 Å². The number of rotatable bonds is 3. The minimum atomic E-state index is -4.48. The first-order chi connectivity index (χ1) is 13.5. The molecule has 4 heterocycles. The summed E-state index contributed by atoms with van der Waals surface area (Å²) < 4.78 is 44.0. The number of hydrogen-bond acceptors (Lipinski definition) is 8. The Hall–Kier alpha value is -2.69. The van der Waals surface area contributed by atoms with E-state index in [9.17, 15) is 13.2 Å². The Labute approximate surface area is 160 Å². The Morgan fingerprint density at radius 1 is 0.821 bits per heavy atom. The summed E-state index contributed by atoms with van der Waals surface area (Å²) in [6, 6.07) is 2.87. The molecule has 0 bridgehead atoms. The third-order valence-electron chi connectivity index (χ3n) is 4.79. The van der Waals surface area contributed by atoms with Gasteiger partial charge in [0.25, 0.3) is 0 Å².